The van der Waals surface area contributed by atoms with Crippen LogP contribution in [0.25, 0.3) is 11.0 Å². The minimum Gasteiger partial charge on any atom is -0.496 e. The van der Waals surface area contributed by atoms with E-state index in [4.69, 9.17) is 25.2 Å². The predicted molar refractivity (Wildman–Crippen MR) is 130 cm³/mol. The highest BCUT2D eigenvalue weighted by molar-refractivity contribution is 7.92. The van der Waals surface area contributed by atoms with E-state index in [0.717, 1.165) is 11.1 Å². The van der Waals surface area contributed by atoms with E-state index in [-0.39, 0.29) is 23.1 Å². The van der Waals surface area contributed by atoms with E-state index in [2.05, 4.69) is 15.2 Å². The van der Waals surface area contributed by atoms with Crippen molar-refractivity contribution in [3.63, 3.8) is 0 Å². The second-order valence-corrected chi connectivity index (χ2v) is 9.10. The van der Waals surface area contributed by atoms with Gasteiger partial charge in [-0.05, 0) is 54.2 Å². The first kappa shape index (κ1) is 25.9. The fourth-order valence-electron chi connectivity index (χ4n) is 3.35. The zero-order valence-electron chi connectivity index (χ0n) is 19.7. The summed E-state index contributed by atoms with van der Waals surface area (Å²) < 4.78 is 50.6. The van der Waals surface area contributed by atoms with E-state index in [9.17, 15) is 13.2 Å². The van der Waals surface area contributed by atoms with Crippen molar-refractivity contribution in [2.45, 2.75) is 31.3 Å². The molecule has 0 spiro atoms. The normalized spacial score (nSPS) is 11.1. The molecule has 2 aromatic carbocycles. The zero-order chi connectivity index (χ0) is 25.4. The number of rotatable bonds is 12. The van der Waals surface area contributed by atoms with Gasteiger partial charge in [-0.2, -0.15) is 0 Å². The minimum atomic E-state index is -4.04. The molecule has 0 fully saturated rings. The number of hydrogen-bond donors (Lipinski definition) is 2. The van der Waals surface area contributed by atoms with Crippen LogP contribution >= 0.6 is 0 Å². The van der Waals surface area contributed by atoms with Crippen LogP contribution in [0.1, 0.15) is 24.5 Å². The van der Waals surface area contributed by atoms with Crippen LogP contribution in [-0.2, 0) is 32.6 Å². The van der Waals surface area contributed by atoms with E-state index in [0.29, 0.717) is 42.7 Å². The number of hydrogen-bond acceptors (Lipinski definition) is 8. The van der Waals surface area contributed by atoms with E-state index in [1.165, 1.54) is 14.2 Å². The number of carbonyl (C=O) groups is 1. The van der Waals surface area contributed by atoms with Gasteiger partial charge in [-0.15, -0.1) is 6.42 Å². The van der Waals surface area contributed by atoms with Gasteiger partial charge in [0.15, 0.2) is 11.4 Å². The highest BCUT2D eigenvalue weighted by atomic mass is 32.2. The van der Waals surface area contributed by atoms with Crippen molar-refractivity contribution >= 4 is 32.7 Å². The fraction of sp³-hybridized carbons (Fsp3) is 0.333. The van der Waals surface area contributed by atoms with Crippen LogP contribution in [0, 0.1) is 12.3 Å². The van der Waals surface area contributed by atoms with E-state index < -0.39 is 15.9 Å². The fourth-order valence-corrected chi connectivity index (χ4v) is 4.58. The molecule has 0 atom stereocenters. The van der Waals surface area contributed by atoms with Gasteiger partial charge < -0.3 is 24.1 Å². The van der Waals surface area contributed by atoms with Gasteiger partial charge in [0.2, 0.25) is 0 Å². The minimum absolute atomic E-state index is 0.00193. The van der Waals surface area contributed by atoms with Crippen molar-refractivity contribution in [2.75, 3.05) is 32.1 Å². The second-order valence-electron chi connectivity index (χ2n) is 7.45. The molecule has 11 heteroatoms. The summed E-state index contributed by atoms with van der Waals surface area (Å²) in [5.74, 6) is 2.10. The molecule has 2 N–H and O–H groups in total. The number of aryl methyl sites for hydroxylation is 1. The maximum atomic E-state index is 13.2. The first-order valence-electron chi connectivity index (χ1n) is 10.8. The summed E-state index contributed by atoms with van der Waals surface area (Å²) in [5.41, 5.74) is 1.91. The van der Waals surface area contributed by atoms with Crippen molar-refractivity contribution < 1.29 is 31.9 Å². The third kappa shape index (κ3) is 6.23. The number of aromatic nitrogens is 1. The summed E-state index contributed by atoms with van der Waals surface area (Å²) in [6.45, 7) is 2.98. The lowest BCUT2D eigenvalue weighted by Gasteiger charge is -2.12. The molecule has 3 aromatic rings. The standard InChI is InChI=1S/C24H27N3O7S/c1-5-16-8-9-18(31-3)21(14-16)35(29,30)27-24-23-19(32-4)12-17(13-20(23)34-26-24)15-33-11-7-10-25-22(28)6-2/h2,8-9,12-14H,5,7,10-11,15H2,1,3-4H3,(H,25,28)(H,26,27). The van der Waals surface area contributed by atoms with E-state index in [1.807, 2.05) is 18.9 Å². The number of anilines is 1. The van der Waals surface area contributed by atoms with Crippen LogP contribution in [0.2, 0.25) is 0 Å². The summed E-state index contributed by atoms with van der Waals surface area (Å²) in [7, 11) is -1.16. The highest BCUT2D eigenvalue weighted by Crippen LogP contribution is 2.36. The van der Waals surface area contributed by atoms with Gasteiger partial charge in [0.05, 0.1) is 20.8 Å². The van der Waals surface area contributed by atoms with Crippen LogP contribution in [0.4, 0.5) is 5.82 Å². The molecular weight excluding hydrogens is 474 g/mol. The van der Waals surface area contributed by atoms with Crippen molar-refractivity contribution in [1.29, 1.82) is 0 Å². The molecule has 0 bridgehead atoms. The summed E-state index contributed by atoms with van der Waals surface area (Å²) in [4.78, 5) is 11.0. The Labute approximate surface area is 204 Å². The lowest BCUT2D eigenvalue weighted by molar-refractivity contribution is -0.115. The number of nitrogens with zero attached hydrogens (tertiary/aromatic N) is 1. The van der Waals surface area contributed by atoms with Gasteiger partial charge >= 0.3 is 0 Å². The second kappa shape index (κ2) is 11.6. The molecule has 0 radical (unpaired) electrons. The maximum absolute atomic E-state index is 13.2. The molecule has 0 saturated carbocycles. The molecule has 0 saturated heterocycles. The number of benzene rings is 2. The van der Waals surface area contributed by atoms with Gasteiger partial charge in [0, 0.05) is 13.2 Å². The average molecular weight is 502 g/mol. The van der Waals surface area contributed by atoms with Crippen molar-refractivity contribution in [3.05, 3.63) is 41.5 Å². The van der Waals surface area contributed by atoms with Crippen molar-refractivity contribution in [2.24, 2.45) is 0 Å². The molecule has 1 heterocycles. The number of ether oxygens (including phenoxy) is 3. The molecule has 1 aromatic heterocycles. The number of methoxy groups -OCH3 is 2. The number of carbonyl (C=O) groups excluding carboxylic acids is 1. The summed E-state index contributed by atoms with van der Waals surface area (Å²) in [6, 6.07) is 8.40. The molecule has 3 rings (SSSR count). The number of sulfonamides is 1. The Kier molecular flexibility index (Phi) is 8.57. The van der Waals surface area contributed by atoms with Crippen LogP contribution < -0.4 is 19.5 Å². The molecule has 0 aliphatic heterocycles. The monoisotopic (exact) mass is 501 g/mol. The van der Waals surface area contributed by atoms with Crippen LogP contribution in [-0.4, -0.2) is 46.9 Å². The van der Waals surface area contributed by atoms with Gasteiger partial charge in [-0.1, -0.05) is 18.1 Å². The Hall–Kier alpha value is -3.75. The van der Waals surface area contributed by atoms with Gasteiger partial charge in [0.1, 0.15) is 21.8 Å². The number of nitrogens with one attached hydrogen (secondary N) is 2. The molecule has 35 heavy (non-hydrogen) atoms. The molecular formula is C24H27N3O7S. The summed E-state index contributed by atoms with van der Waals surface area (Å²) in [5, 5.41) is 6.85. The molecule has 0 unspecified atom stereocenters. The maximum Gasteiger partial charge on any atom is 0.295 e. The van der Waals surface area contributed by atoms with E-state index in [1.54, 1.807) is 24.3 Å². The number of terminal acetylenes is 1. The average Bonchev–Trinajstić information content (AvgIpc) is 3.26. The largest absolute Gasteiger partial charge is 0.496 e. The van der Waals surface area contributed by atoms with Crippen molar-refractivity contribution in [1.82, 2.24) is 10.5 Å². The molecule has 10 nitrogen and oxygen atoms in total. The van der Waals surface area contributed by atoms with Crippen LogP contribution in [0.5, 0.6) is 11.5 Å². The van der Waals surface area contributed by atoms with Gasteiger partial charge in [0.25, 0.3) is 15.9 Å². The SMILES string of the molecule is C#CC(=O)NCCCOCc1cc(OC)c2c(NS(=O)(=O)c3cc(CC)ccc3OC)noc2c1. The molecule has 1 amide bonds. The first-order valence-corrected chi connectivity index (χ1v) is 12.3. The van der Waals surface area contributed by atoms with E-state index >= 15 is 0 Å². The first-order chi connectivity index (χ1) is 16.8. The third-order valence-corrected chi connectivity index (χ3v) is 6.49. The molecule has 186 valence electrons. The topological polar surface area (TPSA) is 129 Å². The zero-order valence-corrected chi connectivity index (χ0v) is 20.5. The van der Waals surface area contributed by atoms with Crippen LogP contribution in [0.3, 0.4) is 0 Å². The molecule has 0 aliphatic rings. The van der Waals surface area contributed by atoms with Gasteiger partial charge in [-0.25, -0.2) is 8.42 Å². The van der Waals surface area contributed by atoms with Crippen LogP contribution in [0.15, 0.2) is 39.8 Å². The Morgan fingerprint density at radius 3 is 2.60 bits per heavy atom. The molecule has 0 aliphatic carbocycles. The lowest BCUT2D eigenvalue weighted by Crippen LogP contribution is -2.23. The smallest absolute Gasteiger partial charge is 0.295 e. The summed E-state index contributed by atoms with van der Waals surface area (Å²) in [6.07, 6.45) is 6.24. The summed E-state index contributed by atoms with van der Waals surface area (Å²) >= 11 is 0. The Balaban J connectivity index is 1.78. The number of fused-ring (bicyclic) bond motifs is 1. The quantitative estimate of drug-likeness (QED) is 0.286. The lowest BCUT2D eigenvalue weighted by atomic mass is 10.1. The number of amides is 1. The van der Waals surface area contributed by atoms with Gasteiger partial charge in [-0.3, -0.25) is 9.52 Å². The Morgan fingerprint density at radius 2 is 1.91 bits per heavy atom. The Morgan fingerprint density at radius 1 is 1.14 bits per heavy atom. The van der Waals surface area contributed by atoms with Crippen molar-refractivity contribution in [3.8, 4) is 23.8 Å². The highest BCUT2D eigenvalue weighted by Gasteiger charge is 2.25. The Bertz CT molecular complexity index is 1340. The third-order valence-electron chi connectivity index (χ3n) is 5.13. The predicted octanol–water partition coefficient (Wildman–Crippen LogP) is 2.86.